The van der Waals surface area contributed by atoms with Crippen LogP contribution in [0.15, 0.2) is 62.9 Å². The van der Waals surface area contributed by atoms with E-state index in [4.69, 9.17) is 9.84 Å². The minimum atomic E-state index is -1.02. The van der Waals surface area contributed by atoms with E-state index in [1.807, 2.05) is 51.1 Å². The van der Waals surface area contributed by atoms with Gasteiger partial charge in [-0.25, -0.2) is 9.78 Å². The zero-order valence-corrected chi connectivity index (χ0v) is 21.2. The van der Waals surface area contributed by atoms with Gasteiger partial charge in [0.25, 0.3) is 5.56 Å². The summed E-state index contributed by atoms with van der Waals surface area (Å²) in [5.41, 5.74) is 4.17. The average molecular weight is 537 g/mol. The third-order valence-electron chi connectivity index (χ3n) is 5.59. The number of halogens is 1. The van der Waals surface area contributed by atoms with E-state index < -0.39 is 5.97 Å². The van der Waals surface area contributed by atoms with E-state index in [1.54, 1.807) is 24.4 Å². The quantitative estimate of drug-likeness (QED) is 0.324. The molecular weight excluding hydrogens is 512 g/mol. The molecule has 4 rings (SSSR count). The molecule has 180 valence electrons. The lowest BCUT2D eigenvalue weighted by molar-refractivity contribution is -0.139. The van der Waals surface area contributed by atoms with E-state index in [9.17, 15) is 9.59 Å². The van der Waals surface area contributed by atoms with Gasteiger partial charge in [-0.05, 0) is 68.8 Å². The van der Waals surface area contributed by atoms with Crippen LogP contribution in [-0.2, 0) is 11.2 Å². The van der Waals surface area contributed by atoms with Crippen LogP contribution in [0.2, 0.25) is 0 Å². The topological polar surface area (TPSA) is 98.7 Å². The summed E-state index contributed by atoms with van der Waals surface area (Å²) >= 11 is 3.43. The van der Waals surface area contributed by atoms with Crippen molar-refractivity contribution in [1.82, 2.24) is 14.2 Å². The van der Waals surface area contributed by atoms with Crippen LogP contribution in [0.25, 0.3) is 16.6 Å². The van der Waals surface area contributed by atoms with E-state index >= 15 is 0 Å². The van der Waals surface area contributed by atoms with Gasteiger partial charge in [0.1, 0.15) is 11.6 Å². The maximum atomic E-state index is 13.2. The average Bonchev–Trinajstić information content (AvgIpc) is 3.11. The van der Waals surface area contributed by atoms with Crippen molar-refractivity contribution in [3.63, 3.8) is 0 Å². The summed E-state index contributed by atoms with van der Waals surface area (Å²) in [5, 5.41) is 13.8. The van der Waals surface area contributed by atoms with Crippen molar-refractivity contribution < 1.29 is 14.6 Å². The Labute approximate surface area is 210 Å². The molecule has 2 heterocycles. The van der Waals surface area contributed by atoms with Crippen molar-refractivity contribution in [2.24, 2.45) is 5.10 Å². The lowest BCUT2D eigenvalue weighted by Gasteiger charge is -2.11. The predicted molar refractivity (Wildman–Crippen MR) is 139 cm³/mol. The van der Waals surface area contributed by atoms with E-state index in [0.29, 0.717) is 28.9 Å². The Kier molecular flexibility index (Phi) is 7.16. The molecule has 8 nitrogen and oxygen atoms in total. The van der Waals surface area contributed by atoms with E-state index in [1.165, 1.54) is 4.68 Å². The Morgan fingerprint density at radius 1 is 1.17 bits per heavy atom. The predicted octanol–water partition coefficient (Wildman–Crippen LogP) is 4.86. The standard InChI is InChI=1S/C26H25BrN4O4/c1-4-5-24-29-23-11-6-19(27)13-22(23)26(34)31(24)28-14-18-12-16(2)30(17(18)3)20-7-9-21(10-8-20)35-15-25(32)33/h6-14H,4-5,15H2,1-3H3,(H,32,33). The summed E-state index contributed by atoms with van der Waals surface area (Å²) in [6.07, 6.45) is 3.16. The van der Waals surface area contributed by atoms with Crippen molar-refractivity contribution in [3.05, 3.63) is 86.1 Å². The van der Waals surface area contributed by atoms with Gasteiger partial charge in [-0.3, -0.25) is 4.79 Å². The van der Waals surface area contributed by atoms with Crippen LogP contribution < -0.4 is 10.3 Å². The molecule has 0 unspecified atom stereocenters. The van der Waals surface area contributed by atoms with E-state index in [0.717, 1.165) is 33.5 Å². The third kappa shape index (κ3) is 5.19. The summed E-state index contributed by atoms with van der Waals surface area (Å²) in [6.45, 7) is 5.62. The number of carbonyl (C=O) groups is 1. The lowest BCUT2D eigenvalue weighted by atomic mass is 10.2. The Morgan fingerprint density at radius 2 is 1.91 bits per heavy atom. The Balaban J connectivity index is 1.70. The van der Waals surface area contributed by atoms with Gasteiger partial charge in [-0.1, -0.05) is 22.9 Å². The highest BCUT2D eigenvalue weighted by atomic mass is 79.9. The first-order chi connectivity index (χ1) is 16.8. The highest BCUT2D eigenvalue weighted by Crippen LogP contribution is 2.22. The summed E-state index contributed by atoms with van der Waals surface area (Å²) in [6, 6.07) is 14.7. The largest absolute Gasteiger partial charge is 0.482 e. The minimum Gasteiger partial charge on any atom is -0.482 e. The molecule has 0 atom stereocenters. The number of rotatable bonds is 8. The van der Waals surface area contributed by atoms with Gasteiger partial charge < -0.3 is 14.4 Å². The van der Waals surface area contributed by atoms with Crippen LogP contribution in [0.4, 0.5) is 0 Å². The molecule has 0 spiro atoms. The van der Waals surface area contributed by atoms with Crippen LogP contribution >= 0.6 is 15.9 Å². The van der Waals surface area contributed by atoms with Crippen LogP contribution in [-0.4, -0.2) is 38.1 Å². The zero-order chi connectivity index (χ0) is 25.1. The van der Waals surface area contributed by atoms with Gasteiger partial charge in [0.05, 0.1) is 17.1 Å². The van der Waals surface area contributed by atoms with Gasteiger partial charge in [0, 0.05) is 33.5 Å². The van der Waals surface area contributed by atoms with Crippen molar-refractivity contribution in [1.29, 1.82) is 0 Å². The highest BCUT2D eigenvalue weighted by molar-refractivity contribution is 9.10. The monoisotopic (exact) mass is 536 g/mol. The third-order valence-corrected chi connectivity index (χ3v) is 6.08. The number of carboxylic acids is 1. The zero-order valence-electron chi connectivity index (χ0n) is 19.7. The molecular formula is C26H25BrN4O4. The maximum absolute atomic E-state index is 13.2. The van der Waals surface area contributed by atoms with Crippen molar-refractivity contribution >= 4 is 39.0 Å². The number of hydrogen-bond acceptors (Lipinski definition) is 5. The molecule has 0 aliphatic heterocycles. The molecule has 0 aliphatic carbocycles. The summed E-state index contributed by atoms with van der Waals surface area (Å²) in [5.74, 6) is 0.0820. The van der Waals surface area contributed by atoms with Crippen LogP contribution in [0.3, 0.4) is 0 Å². The number of fused-ring (bicyclic) bond motifs is 1. The second-order valence-electron chi connectivity index (χ2n) is 8.14. The first-order valence-corrected chi connectivity index (χ1v) is 12.0. The van der Waals surface area contributed by atoms with Crippen molar-refractivity contribution in [3.8, 4) is 11.4 Å². The molecule has 0 saturated heterocycles. The smallest absolute Gasteiger partial charge is 0.341 e. The number of aromatic nitrogens is 3. The summed E-state index contributed by atoms with van der Waals surface area (Å²) in [7, 11) is 0. The molecule has 0 saturated carbocycles. The molecule has 4 aromatic rings. The highest BCUT2D eigenvalue weighted by Gasteiger charge is 2.13. The Hall–Kier alpha value is -3.72. The summed E-state index contributed by atoms with van der Waals surface area (Å²) < 4.78 is 9.48. The molecule has 0 amide bonds. The number of ether oxygens (including phenoxy) is 1. The number of nitrogens with zero attached hydrogens (tertiary/aromatic N) is 4. The summed E-state index contributed by atoms with van der Waals surface area (Å²) in [4.78, 5) is 28.6. The second kappa shape index (κ2) is 10.3. The van der Waals surface area contributed by atoms with Gasteiger partial charge in [0.2, 0.25) is 0 Å². The number of benzene rings is 2. The molecule has 9 heteroatoms. The van der Waals surface area contributed by atoms with Crippen LogP contribution in [0.5, 0.6) is 5.75 Å². The normalized spacial score (nSPS) is 11.4. The van der Waals surface area contributed by atoms with Crippen LogP contribution in [0, 0.1) is 13.8 Å². The number of carboxylic acid groups (broad SMARTS) is 1. The van der Waals surface area contributed by atoms with E-state index in [2.05, 4.69) is 30.6 Å². The SMILES string of the molecule is CCCc1nc2ccc(Br)cc2c(=O)n1N=Cc1cc(C)n(-c2ccc(OCC(=O)O)cc2)c1C. The van der Waals surface area contributed by atoms with Crippen molar-refractivity contribution in [2.75, 3.05) is 6.61 Å². The minimum absolute atomic E-state index is 0.207. The van der Waals surface area contributed by atoms with Crippen LogP contribution in [0.1, 0.15) is 36.1 Å². The molecule has 1 N–H and O–H groups in total. The Bertz CT molecular complexity index is 1490. The molecule has 35 heavy (non-hydrogen) atoms. The Morgan fingerprint density at radius 3 is 2.60 bits per heavy atom. The fourth-order valence-electron chi connectivity index (χ4n) is 3.97. The van der Waals surface area contributed by atoms with E-state index in [-0.39, 0.29) is 12.2 Å². The van der Waals surface area contributed by atoms with Gasteiger partial charge >= 0.3 is 5.97 Å². The fourth-order valence-corrected chi connectivity index (χ4v) is 4.33. The van der Waals surface area contributed by atoms with Gasteiger partial charge in [0.15, 0.2) is 6.61 Å². The van der Waals surface area contributed by atoms with Gasteiger partial charge in [-0.2, -0.15) is 9.78 Å². The first-order valence-electron chi connectivity index (χ1n) is 11.2. The molecule has 0 bridgehead atoms. The molecule has 2 aromatic heterocycles. The lowest BCUT2D eigenvalue weighted by Crippen LogP contribution is -2.22. The molecule has 2 aromatic carbocycles. The molecule has 0 radical (unpaired) electrons. The molecule has 0 aliphatic rings. The van der Waals surface area contributed by atoms with Gasteiger partial charge in [-0.15, -0.1) is 0 Å². The fraction of sp³-hybridized carbons (Fsp3) is 0.231. The second-order valence-corrected chi connectivity index (χ2v) is 9.05. The maximum Gasteiger partial charge on any atom is 0.341 e. The number of aryl methyl sites for hydroxylation is 2. The first kappa shape index (κ1) is 24.4. The number of aliphatic carboxylic acids is 1. The molecule has 0 fully saturated rings. The number of hydrogen-bond donors (Lipinski definition) is 1. The van der Waals surface area contributed by atoms with Crippen molar-refractivity contribution in [2.45, 2.75) is 33.6 Å².